The summed E-state index contributed by atoms with van der Waals surface area (Å²) in [5.74, 6) is 2.07. The number of carbonyl (C=O) groups excluding carboxylic acids is 1. The Bertz CT molecular complexity index is 602. The number of aromatic nitrogens is 1. The maximum absolute atomic E-state index is 13.1. The highest BCUT2D eigenvalue weighted by Crippen LogP contribution is 2.35. The molecule has 1 aromatic heterocycles. The molecule has 4 aliphatic rings. The van der Waals surface area contributed by atoms with E-state index < -0.39 is 0 Å². The first-order chi connectivity index (χ1) is 11.7. The third-order valence-electron chi connectivity index (χ3n) is 5.59. The molecule has 0 spiro atoms. The number of hydrogen-bond donors (Lipinski definition) is 0. The summed E-state index contributed by atoms with van der Waals surface area (Å²) < 4.78 is 5.56. The Morgan fingerprint density at radius 2 is 2.12 bits per heavy atom. The molecule has 5 rings (SSSR count). The number of nitrogens with zero attached hydrogens (tertiary/aromatic N) is 3. The number of ether oxygens (including phenoxy) is 1. The van der Waals surface area contributed by atoms with Gasteiger partial charge in [-0.3, -0.25) is 9.69 Å². The highest BCUT2D eigenvalue weighted by atomic mass is 16.5. The van der Waals surface area contributed by atoms with E-state index in [0.717, 1.165) is 25.6 Å². The van der Waals surface area contributed by atoms with Gasteiger partial charge in [0.1, 0.15) is 5.56 Å². The lowest BCUT2D eigenvalue weighted by Gasteiger charge is -2.36. The number of rotatable bonds is 5. The molecule has 0 N–H and O–H groups in total. The number of fused-ring (bicyclic) bond motifs is 4. The second kappa shape index (κ2) is 6.71. The van der Waals surface area contributed by atoms with E-state index in [2.05, 4.69) is 14.8 Å². The lowest BCUT2D eigenvalue weighted by atomic mass is 9.95. The molecule has 5 heteroatoms. The molecule has 5 nitrogen and oxygen atoms in total. The van der Waals surface area contributed by atoms with E-state index in [1.165, 1.54) is 32.2 Å². The van der Waals surface area contributed by atoms with Gasteiger partial charge in [0.15, 0.2) is 0 Å². The van der Waals surface area contributed by atoms with Crippen molar-refractivity contribution in [1.82, 2.24) is 14.8 Å². The lowest BCUT2D eigenvalue weighted by Crippen LogP contribution is -2.45. The number of pyridine rings is 1. The minimum atomic E-state index is 0.0803. The third-order valence-corrected chi connectivity index (χ3v) is 5.59. The van der Waals surface area contributed by atoms with Crippen LogP contribution < -0.4 is 4.74 Å². The molecule has 1 aromatic rings. The van der Waals surface area contributed by atoms with Crippen molar-refractivity contribution in [2.24, 2.45) is 11.8 Å². The second-order valence-electron chi connectivity index (χ2n) is 7.49. The molecule has 3 aliphatic heterocycles. The van der Waals surface area contributed by atoms with Gasteiger partial charge >= 0.3 is 0 Å². The van der Waals surface area contributed by atoms with Crippen molar-refractivity contribution in [3.05, 3.63) is 23.9 Å². The zero-order chi connectivity index (χ0) is 16.5. The Morgan fingerprint density at radius 1 is 1.25 bits per heavy atom. The third kappa shape index (κ3) is 3.27. The van der Waals surface area contributed by atoms with E-state index in [1.807, 2.05) is 19.1 Å². The van der Waals surface area contributed by atoms with Crippen LogP contribution in [-0.2, 0) is 0 Å². The molecule has 2 bridgehead atoms. The van der Waals surface area contributed by atoms with Crippen molar-refractivity contribution in [2.45, 2.75) is 38.6 Å². The fraction of sp³-hybridized carbons (Fsp3) is 0.684. The molecule has 0 radical (unpaired) electrons. The van der Waals surface area contributed by atoms with Gasteiger partial charge in [0.2, 0.25) is 5.88 Å². The van der Waals surface area contributed by atoms with E-state index in [0.29, 0.717) is 30.0 Å². The van der Waals surface area contributed by atoms with Gasteiger partial charge in [-0.1, -0.05) is 0 Å². The quantitative estimate of drug-likeness (QED) is 0.832. The molecule has 1 saturated carbocycles. The summed E-state index contributed by atoms with van der Waals surface area (Å²) >= 11 is 0. The van der Waals surface area contributed by atoms with Crippen molar-refractivity contribution < 1.29 is 9.53 Å². The minimum absolute atomic E-state index is 0.0803. The summed E-state index contributed by atoms with van der Waals surface area (Å²) in [6.45, 7) is 6.57. The molecule has 3 saturated heterocycles. The Balaban J connectivity index is 1.51. The van der Waals surface area contributed by atoms with Gasteiger partial charge in [-0.15, -0.1) is 0 Å². The van der Waals surface area contributed by atoms with Gasteiger partial charge in [-0.25, -0.2) is 4.98 Å². The first-order valence-corrected chi connectivity index (χ1v) is 9.35. The lowest BCUT2D eigenvalue weighted by molar-refractivity contribution is 0.0731. The minimum Gasteiger partial charge on any atom is -0.477 e. The highest BCUT2D eigenvalue weighted by molar-refractivity contribution is 5.96. The monoisotopic (exact) mass is 329 g/mol. The van der Waals surface area contributed by atoms with E-state index in [4.69, 9.17) is 4.74 Å². The van der Waals surface area contributed by atoms with Crippen LogP contribution in [-0.4, -0.2) is 59.5 Å². The Morgan fingerprint density at radius 3 is 2.92 bits per heavy atom. The van der Waals surface area contributed by atoms with Crippen LogP contribution in [0.2, 0.25) is 0 Å². The molecule has 0 unspecified atom stereocenters. The number of piperidine rings is 1. The molecule has 2 atom stereocenters. The molecule has 4 heterocycles. The Hall–Kier alpha value is -1.62. The summed E-state index contributed by atoms with van der Waals surface area (Å²) in [7, 11) is 0. The molecule has 4 fully saturated rings. The van der Waals surface area contributed by atoms with E-state index >= 15 is 0 Å². The average Bonchev–Trinajstić information content (AvgIpc) is 3.43. The maximum atomic E-state index is 13.1. The number of carbonyl (C=O) groups is 1. The Kier molecular flexibility index (Phi) is 4.44. The van der Waals surface area contributed by atoms with Crippen LogP contribution in [0.1, 0.15) is 43.0 Å². The normalized spacial score (nSPS) is 27.1. The van der Waals surface area contributed by atoms with Gasteiger partial charge in [0.25, 0.3) is 5.91 Å². The zero-order valence-electron chi connectivity index (χ0n) is 14.5. The number of hydrogen-bond acceptors (Lipinski definition) is 4. The predicted molar refractivity (Wildman–Crippen MR) is 92.1 cm³/mol. The van der Waals surface area contributed by atoms with Gasteiger partial charge in [0.05, 0.1) is 6.61 Å². The van der Waals surface area contributed by atoms with Crippen LogP contribution in [0.3, 0.4) is 0 Å². The van der Waals surface area contributed by atoms with Crippen LogP contribution in [0, 0.1) is 11.8 Å². The molecule has 0 aromatic carbocycles. The predicted octanol–water partition coefficient (Wildman–Crippen LogP) is 2.43. The van der Waals surface area contributed by atoms with Gasteiger partial charge < -0.3 is 9.64 Å². The van der Waals surface area contributed by atoms with Crippen molar-refractivity contribution in [2.75, 3.05) is 32.8 Å². The zero-order valence-corrected chi connectivity index (χ0v) is 14.5. The average molecular weight is 329 g/mol. The van der Waals surface area contributed by atoms with Crippen molar-refractivity contribution in [1.29, 1.82) is 0 Å². The van der Waals surface area contributed by atoms with Gasteiger partial charge in [-0.05, 0) is 56.6 Å². The first kappa shape index (κ1) is 15.9. The van der Waals surface area contributed by atoms with Crippen LogP contribution in [0.4, 0.5) is 0 Å². The summed E-state index contributed by atoms with van der Waals surface area (Å²) in [6, 6.07) is 4.19. The van der Waals surface area contributed by atoms with Crippen molar-refractivity contribution in [3.8, 4) is 5.88 Å². The second-order valence-corrected chi connectivity index (χ2v) is 7.49. The number of amides is 1. The first-order valence-electron chi connectivity index (χ1n) is 9.35. The largest absolute Gasteiger partial charge is 0.477 e. The standard InChI is InChI=1S/C19H27N3O2/c1-2-24-18-17(4-3-9-20-18)19(23)22-12-15-7-8-16(13-22)21(11-15)10-14-5-6-14/h3-4,9,14-16H,2,5-8,10-13H2,1H3/t15-,16-/m1/s1. The molecule has 1 aliphatic carbocycles. The summed E-state index contributed by atoms with van der Waals surface area (Å²) in [5, 5.41) is 0. The smallest absolute Gasteiger partial charge is 0.259 e. The molecule has 130 valence electrons. The van der Waals surface area contributed by atoms with Crippen molar-refractivity contribution in [3.63, 3.8) is 0 Å². The van der Waals surface area contributed by atoms with Crippen LogP contribution in [0.5, 0.6) is 5.88 Å². The molecule has 1 amide bonds. The van der Waals surface area contributed by atoms with Crippen LogP contribution in [0.15, 0.2) is 18.3 Å². The van der Waals surface area contributed by atoms with E-state index in [1.54, 1.807) is 6.20 Å². The van der Waals surface area contributed by atoms with E-state index in [-0.39, 0.29) is 5.91 Å². The molecule has 24 heavy (non-hydrogen) atoms. The SMILES string of the molecule is CCOc1ncccc1C(=O)N1C[C@@H]2CC[C@H](C1)N(CC1CC1)C2. The van der Waals surface area contributed by atoms with Crippen LogP contribution in [0.25, 0.3) is 0 Å². The van der Waals surface area contributed by atoms with Crippen LogP contribution >= 0.6 is 0 Å². The summed E-state index contributed by atoms with van der Waals surface area (Å²) in [6.07, 6.45) is 6.95. The molecular weight excluding hydrogens is 302 g/mol. The fourth-order valence-electron chi connectivity index (χ4n) is 4.18. The Labute approximate surface area is 144 Å². The fourth-order valence-corrected chi connectivity index (χ4v) is 4.18. The summed E-state index contributed by atoms with van der Waals surface area (Å²) in [4.78, 5) is 22.0. The highest BCUT2D eigenvalue weighted by Gasteiger charge is 2.39. The van der Waals surface area contributed by atoms with Gasteiger partial charge in [0, 0.05) is 38.4 Å². The topological polar surface area (TPSA) is 45.7 Å². The molecular formula is C19H27N3O2. The summed E-state index contributed by atoms with van der Waals surface area (Å²) in [5.41, 5.74) is 0.606. The van der Waals surface area contributed by atoms with Gasteiger partial charge in [-0.2, -0.15) is 0 Å². The van der Waals surface area contributed by atoms with E-state index in [9.17, 15) is 4.79 Å². The maximum Gasteiger partial charge on any atom is 0.259 e. The van der Waals surface area contributed by atoms with Crippen molar-refractivity contribution >= 4 is 5.91 Å².